The Bertz CT molecular complexity index is 1100. The van der Waals surface area contributed by atoms with Crippen molar-refractivity contribution >= 4 is 5.91 Å². The predicted molar refractivity (Wildman–Crippen MR) is 117 cm³/mol. The molecular formula is C26H26FNO3. The fourth-order valence-corrected chi connectivity index (χ4v) is 4.21. The molecule has 0 spiro atoms. The molecule has 4 rings (SSSR count). The van der Waals surface area contributed by atoms with E-state index in [2.05, 4.69) is 0 Å². The van der Waals surface area contributed by atoms with Gasteiger partial charge in [0, 0.05) is 24.2 Å². The lowest BCUT2D eigenvalue weighted by atomic mass is 9.88. The van der Waals surface area contributed by atoms with Gasteiger partial charge < -0.3 is 15.1 Å². The van der Waals surface area contributed by atoms with Crippen LogP contribution < -0.4 is 0 Å². The van der Waals surface area contributed by atoms with Gasteiger partial charge in [-0.2, -0.15) is 0 Å². The fourth-order valence-electron chi connectivity index (χ4n) is 4.21. The highest BCUT2D eigenvalue weighted by Crippen LogP contribution is 2.35. The first-order valence-corrected chi connectivity index (χ1v) is 10.5. The van der Waals surface area contributed by atoms with E-state index in [0.717, 1.165) is 24.0 Å². The Morgan fingerprint density at radius 2 is 1.77 bits per heavy atom. The number of hydrogen-bond acceptors (Lipinski definition) is 3. The van der Waals surface area contributed by atoms with Gasteiger partial charge in [0.05, 0.1) is 5.60 Å². The molecule has 4 nitrogen and oxygen atoms in total. The van der Waals surface area contributed by atoms with Crippen LogP contribution in [0.2, 0.25) is 0 Å². The molecule has 0 saturated heterocycles. The Morgan fingerprint density at radius 1 is 1.03 bits per heavy atom. The average molecular weight is 419 g/mol. The van der Waals surface area contributed by atoms with Crippen molar-refractivity contribution in [2.75, 3.05) is 0 Å². The van der Waals surface area contributed by atoms with Crippen LogP contribution >= 0.6 is 0 Å². The van der Waals surface area contributed by atoms with Crippen LogP contribution in [0.3, 0.4) is 0 Å². The van der Waals surface area contributed by atoms with E-state index in [9.17, 15) is 19.4 Å². The summed E-state index contributed by atoms with van der Waals surface area (Å²) >= 11 is 0. The number of aliphatic hydroxyl groups is 1. The zero-order valence-electron chi connectivity index (χ0n) is 17.5. The van der Waals surface area contributed by atoms with E-state index in [0.29, 0.717) is 30.6 Å². The van der Waals surface area contributed by atoms with E-state index in [1.807, 2.05) is 30.3 Å². The topological polar surface area (TPSA) is 60.8 Å². The highest BCUT2D eigenvalue weighted by molar-refractivity contribution is 5.95. The molecule has 5 heteroatoms. The second-order valence-electron chi connectivity index (χ2n) is 8.42. The number of fused-ring (bicyclic) bond motifs is 1. The molecule has 1 aliphatic rings. The van der Waals surface area contributed by atoms with Gasteiger partial charge >= 0.3 is 0 Å². The molecule has 0 aliphatic carbocycles. The van der Waals surface area contributed by atoms with E-state index in [4.69, 9.17) is 0 Å². The third-order valence-corrected chi connectivity index (χ3v) is 5.97. The third kappa shape index (κ3) is 4.62. The van der Waals surface area contributed by atoms with Crippen LogP contribution in [-0.2, 0) is 25.1 Å². The molecule has 3 aromatic rings. The Morgan fingerprint density at radius 3 is 2.55 bits per heavy atom. The van der Waals surface area contributed by atoms with Gasteiger partial charge in [0.15, 0.2) is 0 Å². The molecule has 3 aromatic carbocycles. The van der Waals surface area contributed by atoms with Gasteiger partial charge in [-0.25, -0.2) is 4.39 Å². The van der Waals surface area contributed by atoms with Crippen LogP contribution in [0.5, 0.6) is 5.75 Å². The van der Waals surface area contributed by atoms with Gasteiger partial charge in [-0.05, 0) is 73.2 Å². The summed E-state index contributed by atoms with van der Waals surface area (Å²) in [6.07, 6.45) is 2.00. The summed E-state index contributed by atoms with van der Waals surface area (Å²) in [4.78, 5) is 14.7. The van der Waals surface area contributed by atoms with Gasteiger partial charge in [0.1, 0.15) is 11.6 Å². The number of phenols is 1. The standard InChI is InChI=1S/C26H26FNO3/c1-26(31,13-5-8-18-6-3-2-4-7-18)23-15-19(10-12-24(23)29)25(30)28-16-20-9-11-22(27)14-21(20)17-28/h2-4,6-7,9-12,14-15,29,31H,5,8,13,16-17H2,1H3. The van der Waals surface area contributed by atoms with Crippen LogP contribution in [-0.4, -0.2) is 21.0 Å². The van der Waals surface area contributed by atoms with Gasteiger partial charge in [-0.3, -0.25) is 4.79 Å². The molecule has 1 heterocycles. The number of aromatic hydroxyl groups is 1. The monoisotopic (exact) mass is 419 g/mol. The molecular weight excluding hydrogens is 393 g/mol. The lowest BCUT2D eigenvalue weighted by molar-refractivity contribution is 0.0432. The van der Waals surface area contributed by atoms with E-state index in [1.54, 1.807) is 30.0 Å². The second-order valence-corrected chi connectivity index (χ2v) is 8.42. The van der Waals surface area contributed by atoms with Crippen molar-refractivity contribution in [3.8, 4) is 5.75 Å². The summed E-state index contributed by atoms with van der Waals surface area (Å²) in [6, 6.07) is 19.2. The molecule has 160 valence electrons. The number of carbonyl (C=O) groups excluding carboxylic acids is 1. The summed E-state index contributed by atoms with van der Waals surface area (Å²) in [6.45, 7) is 2.42. The Balaban J connectivity index is 1.48. The predicted octanol–water partition coefficient (Wildman–Crippen LogP) is 4.92. The molecule has 1 aliphatic heterocycles. The van der Waals surface area contributed by atoms with Gasteiger partial charge in [-0.15, -0.1) is 0 Å². The number of nitrogens with zero attached hydrogens (tertiary/aromatic N) is 1. The quantitative estimate of drug-likeness (QED) is 0.596. The number of carbonyl (C=O) groups is 1. The number of hydrogen-bond donors (Lipinski definition) is 2. The summed E-state index contributed by atoms with van der Waals surface area (Å²) in [5.74, 6) is -0.558. The molecule has 31 heavy (non-hydrogen) atoms. The van der Waals surface area contributed by atoms with E-state index in [-0.39, 0.29) is 17.5 Å². The highest BCUT2D eigenvalue weighted by atomic mass is 19.1. The first-order valence-electron chi connectivity index (χ1n) is 10.5. The molecule has 0 radical (unpaired) electrons. The molecule has 1 unspecified atom stereocenters. The van der Waals surface area contributed by atoms with Gasteiger partial charge in [0.2, 0.25) is 0 Å². The van der Waals surface area contributed by atoms with Crippen LogP contribution in [0.1, 0.15) is 52.4 Å². The minimum absolute atomic E-state index is 0.0342. The Kier molecular flexibility index (Phi) is 5.79. The van der Waals surface area contributed by atoms with E-state index in [1.165, 1.54) is 23.8 Å². The van der Waals surface area contributed by atoms with Crippen LogP contribution in [0.15, 0.2) is 66.7 Å². The third-order valence-electron chi connectivity index (χ3n) is 5.97. The molecule has 1 amide bonds. The zero-order valence-corrected chi connectivity index (χ0v) is 17.5. The van der Waals surface area contributed by atoms with Crippen molar-refractivity contribution in [2.24, 2.45) is 0 Å². The lowest BCUT2D eigenvalue weighted by Gasteiger charge is -2.26. The SMILES string of the molecule is CC(O)(CCCc1ccccc1)c1cc(C(=O)N2Cc3ccc(F)cc3C2)ccc1O. The maximum atomic E-state index is 13.5. The van der Waals surface area contributed by atoms with Gasteiger partial charge in [0.25, 0.3) is 5.91 Å². The maximum absolute atomic E-state index is 13.5. The van der Waals surface area contributed by atoms with Crippen molar-refractivity contribution in [1.82, 2.24) is 4.90 Å². The van der Waals surface area contributed by atoms with Crippen molar-refractivity contribution in [1.29, 1.82) is 0 Å². The first-order chi connectivity index (χ1) is 14.8. The van der Waals surface area contributed by atoms with Crippen LogP contribution in [0.25, 0.3) is 0 Å². The number of aryl methyl sites for hydroxylation is 1. The highest BCUT2D eigenvalue weighted by Gasteiger charge is 2.29. The minimum Gasteiger partial charge on any atom is -0.508 e. The number of benzene rings is 3. The van der Waals surface area contributed by atoms with Crippen molar-refractivity contribution in [2.45, 2.75) is 44.9 Å². The van der Waals surface area contributed by atoms with Crippen molar-refractivity contribution < 1.29 is 19.4 Å². The Labute approximate surface area is 181 Å². The smallest absolute Gasteiger partial charge is 0.254 e. The largest absolute Gasteiger partial charge is 0.508 e. The fraction of sp³-hybridized carbons (Fsp3) is 0.269. The average Bonchev–Trinajstić information content (AvgIpc) is 3.17. The Hall–Kier alpha value is -3.18. The molecule has 0 aromatic heterocycles. The van der Waals surface area contributed by atoms with Crippen molar-refractivity contribution in [3.63, 3.8) is 0 Å². The molecule has 0 bridgehead atoms. The molecule has 1 atom stereocenters. The molecule has 0 fully saturated rings. The summed E-state index contributed by atoms with van der Waals surface area (Å²) in [5, 5.41) is 21.4. The summed E-state index contributed by atoms with van der Waals surface area (Å²) < 4.78 is 13.5. The molecule has 2 N–H and O–H groups in total. The van der Waals surface area contributed by atoms with Gasteiger partial charge in [-0.1, -0.05) is 36.4 Å². The molecule has 0 saturated carbocycles. The second kappa shape index (κ2) is 8.52. The summed E-state index contributed by atoms with van der Waals surface area (Å²) in [7, 11) is 0. The maximum Gasteiger partial charge on any atom is 0.254 e. The van der Waals surface area contributed by atoms with Crippen molar-refractivity contribution in [3.05, 3.63) is 100 Å². The van der Waals surface area contributed by atoms with Crippen LogP contribution in [0.4, 0.5) is 4.39 Å². The number of phenolic OH excluding ortho intramolecular Hbond substituents is 1. The number of rotatable bonds is 6. The number of halogens is 1. The van der Waals surface area contributed by atoms with E-state index >= 15 is 0 Å². The van der Waals surface area contributed by atoms with E-state index < -0.39 is 5.60 Å². The lowest BCUT2D eigenvalue weighted by Crippen LogP contribution is -2.27. The van der Waals surface area contributed by atoms with Crippen LogP contribution in [0, 0.1) is 5.82 Å². The first kappa shape index (κ1) is 21.1. The normalized spacial score (nSPS) is 14.9. The minimum atomic E-state index is -1.27. The number of amides is 1. The summed E-state index contributed by atoms with van der Waals surface area (Å²) in [5.41, 5.74) is 2.39. The zero-order chi connectivity index (χ0) is 22.0.